The van der Waals surface area contributed by atoms with Crippen LogP contribution in [0.1, 0.15) is 0 Å². The zero-order valence-corrected chi connectivity index (χ0v) is 30.6. The molecule has 0 fully saturated rings. The molecule has 0 amide bonds. The molecule has 0 aliphatic rings. The Labute approximate surface area is 322 Å². The lowest BCUT2D eigenvalue weighted by Gasteiger charge is -2.28. The van der Waals surface area contributed by atoms with Crippen molar-refractivity contribution in [3.05, 3.63) is 200 Å². The van der Waals surface area contributed by atoms with Gasteiger partial charge in [-0.1, -0.05) is 146 Å². The van der Waals surface area contributed by atoms with Crippen LogP contribution < -0.4 is 4.90 Å². The van der Waals surface area contributed by atoms with Crippen LogP contribution >= 0.6 is 11.3 Å². The van der Waals surface area contributed by atoms with Crippen LogP contribution in [0.3, 0.4) is 0 Å². The molecule has 0 atom stereocenters. The van der Waals surface area contributed by atoms with E-state index in [0.717, 1.165) is 55.5 Å². The molecule has 9 aromatic carbocycles. The van der Waals surface area contributed by atoms with E-state index in [-0.39, 0.29) is 0 Å². The zero-order chi connectivity index (χ0) is 36.3. The van der Waals surface area contributed by atoms with Crippen molar-refractivity contribution in [2.45, 2.75) is 0 Å². The summed E-state index contributed by atoms with van der Waals surface area (Å²) >= 11 is 1.86. The van der Waals surface area contributed by atoms with Gasteiger partial charge in [-0.25, -0.2) is 0 Å². The maximum atomic E-state index is 6.59. The molecule has 0 aliphatic heterocycles. The van der Waals surface area contributed by atoms with E-state index in [2.05, 4.69) is 205 Å². The van der Waals surface area contributed by atoms with Crippen molar-refractivity contribution in [3.63, 3.8) is 0 Å². The van der Waals surface area contributed by atoms with Crippen LogP contribution in [0.4, 0.5) is 17.1 Å². The van der Waals surface area contributed by atoms with E-state index in [1.54, 1.807) is 0 Å². The van der Waals surface area contributed by atoms with Crippen molar-refractivity contribution < 1.29 is 4.42 Å². The van der Waals surface area contributed by atoms with Crippen LogP contribution in [-0.2, 0) is 0 Å². The molecule has 3 heteroatoms. The van der Waals surface area contributed by atoms with Gasteiger partial charge in [0, 0.05) is 53.3 Å². The highest BCUT2D eigenvalue weighted by Gasteiger charge is 2.20. The van der Waals surface area contributed by atoms with Gasteiger partial charge in [0.25, 0.3) is 0 Å². The van der Waals surface area contributed by atoms with Gasteiger partial charge in [0.1, 0.15) is 11.2 Å². The molecule has 0 N–H and O–H groups in total. The monoisotopic (exact) mass is 719 g/mol. The van der Waals surface area contributed by atoms with Crippen molar-refractivity contribution in [2.75, 3.05) is 4.90 Å². The van der Waals surface area contributed by atoms with Crippen molar-refractivity contribution in [2.24, 2.45) is 0 Å². The van der Waals surface area contributed by atoms with Crippen molar-refractivity contribution in [1.82, 2.24) is 0 Å². The summed E-state index contributed by atoms with van der Waals surface area (Å²) < 4.78 is 9.22. The molecule has 0 spiro atoms. The molecule has 0 bridgehead atoms. The molecule has 0 saturated heterocycles. The fraction of sp³-hybridized carbons (Fsp3) is 0. The van der Waals surface area contributed by atoms with Gasteiger partial charge < -0.3 is 9.32 Å². The van der Waals surface area contributed by atoms with E-state index in [4.69, 9.17) is 4.42 Å². The summed E-state index contributed by atoms with van der Waals surface area (Å²) in [6.45, 7) is 0. The lowest BCUT2D eigenvalue weighted by molar-refractivity contribution is 0.673. The Bertz CT molecular complexity index is 3210. The summed E-state index contributed by atoms with van der Waals surface area (Å²) in [6.07, 6.45) is 0. The third-order valence-corrected chi connectivity index (χ3v) is 12.0. The normalized spacial score (nSPS) is 11.6. The van der Waals surface area contributed by atoms with E-state index in [1.165, 1.54) is 47.8 Å². The fourth-order valence-corrected chi connectivity index (χ4v) is 9.50. The number of furan rings is 1. The van der Waals surface area contributed by atoms with Gasteiger partial charge in [-0.3, -0.25) is 0 Å². The number of hydrogen-bond acceptors (Lipinski definition) is 3. The second-order valence-electron chi connectivity index (χ2n) is 14.0. The van der Waals surface area contributed by atoms with Crippen LogP contribution in [0.5, 0.6) is 0 Å². The van der Waals surface area contributed by atoms with Crippen LogP contribution in [-0.4, -0.2) is 0 Å². The highest BCUT2D eigenvalue weighted by Crippen LogP contribution is 2.45. The Morgan fingerprint density at radius 2 is 1.04 bits per heavy atom. The lowest BCUT2D eigenvalue weighted by Crippen LogP contribution is -2.11. The molecule has 2 heterocycles. The van der Waals surface area contributed by atoms with Crippen molar-refractivity contribution in [3.8, 4) is 33.4 Å². The van der Waals surface area contributed by atoms with Gasteiger partial charge in [-0.15, -0.1) is 11.3 Å². The van der Waals surface area contributed by atoms with Gasteiger partial charge in [0.15, 0.2) is 0 Å². The number of nitrogens with zero attached hydrogens (tertiary/aromatic N) is 1. The SMILES string of the molecule is c1ccc(-c2ccccc2N(c2ccc(-c3cccc4sc5ccccc5c34)cc2)c2cccc(-c3cccc4oc5c6ccccc6ccc5c34)c2)cc1. The second-order valence-corrected chi connectivity index (χ2v) is 15.1. The van der Waals surface area contributed by atoms with Gasteiger partial charge in [0.2, 0.25) is 0 Å². The minimum Gasteiger partial charge on any atom is -0.455 e. The summed E-state index contributed by atoms with van der Waals surface area (Å²) in [5.41, 5.74) is 12.2. The van der Waals surface area contributed by atoms with Crippen LogP contribution in [0, 0.1) is 0 Å². The minimum absolute atomic E-state index is 0.893. The molecule has 258 valence electrons. The van der Waals surface area contributed by atoms with Crippen LogP contribution in [0.15, 0.2) is 205 Å². The Kier molecular flexibility index (Phi) is 7.39. The van der Waals surface area contributed by atoms with E-state index in [0.29, 0.717) is 0 Å². The third kappa shape index (κ3) is 5.24. The van der Waals surface area contributed by atoms with E-state index < -0.39 is 0 Å². The average molecular weight is 720 g/mol. The quantitative estimate of drug-likeness (QED) is 0.170. The summed E-state index contributed by atoms with van der Waals surface area (Å²) in [7, 11) is 0. The summed E-state index contributed by atoms with van der Waals surface area (Å²) in [4.78, 5) is 2.40. The molecule has 2 aromatic heterocycles. The van der Waals surface area contributed by atoms with E-state index in [9.17, 15) is 0 Å². The van der Waals surface area contributed by atoms with Gasteiger partial charge in [-0.2, -0.15) is 0 Å². The smallest absolute Gasteiger partial charge is 0.143 e. The Morgan fingerprint density at radius 1 is 0.382 bits per heavy atom. The molecule has 55 heavy (non-hydrogen) atoms. The highest BCUT2D eigenvalue weighted by molar-refractivity contribution is 7.25. The molecule has 0 radical (unpaired) electrons. The molecule has 0 aliphatic carbocycles. The maximum Gasteiger partial charge on any atom is 0.143 e. The number of para-hydroxylation sites is 1. The predicted molar refractivity (Wildman–Crippen MR) is 235 cm³/mol. The van der Waals surface area contributed by atoms with Gasteiger partial charge in [0.05, 0.1) is 5.69 Å². The number of hydrogen-bond donors (Lipinski definition) is 0. The Morgan fingerprint density at radius 3 is 1.93 bits per heavy atom. The fourth-order valence-electron chi connectivity index (χ4n) is 8.37. The van der Waals surface area contributed by atoms with Crippen molar-refractivity contribution >= 4 is 81.3 Å². The minimum atomic E-state index is 0.893. The first-order chi connectivity index (χ1) is 27.3. The number of fused-ring (bicyclic) bond motifs is 8. The number of thiophene rings is 1. The summed E-state index contributed by atoms with van der Waals surface area (Å²) in [6, 6.07) is 72.1. The highest BCUT2D eigenvalue weighted by atomic mass is 32.1. The first-order valence-electron chi connectivity index (χ1n) is 18.7. The lowest BCUT2D eigenvalue weighted by atomic mass is 9.96. The molecular weight excluding hydrogens is 687 g/mol. The average Bonchev–Trinajstić information content (AvgIpc) is 3.84. The van der Waals surface area contributed by atoms with E-state index >= 15 is 0 Å². The molecule has 0 unspecified atom stereocenters. The first-order valence-corrected chi connectivity index (χ1v) is 19.5. The first kappa shape index (κ1) is 31.6. The molecular formula is C52H33NOS. The molecule has 11 rings (SSSR count). The number of anilines is 3. The summed E-state index contributed by atoms with van der Waals surface area (Å²) in [5, 5.41) is 7.21. The second kappa shape index (κ2) is 12.9. The number of benzene rings is 9. The van der Waals surface area contributed by atoms with Gasteiger partial charge in [-0.05, 0) is 87.8 Å². The molecule has 0 saturated carbocycles. The predicted octanol–water partition coefficient (Wildman–Crippen LogP) is 15.6. The third-order valence-electron chi connectivity index (χ3n) is 10.9. The van der Waals surface area contributed by atoms with E-state index in [1.807, 2.05) is 11.3 Å². The van der Waals surface area contributed by atoms with Gasteiger partial charge >= 0.3 is 0 Å². The Balaban J connectivity index is 1.09. The maximum absolute atomic E-state index is 6.59. The van der Waals surface area contributed by atoms with Crippen LogP contribution in [0.2, 0.25) is 0 Å². The summed E-state index contributed by atoms with van der Waals surface area (Å²) in [5.74, 6) is 0. The molecule has 11 aromatic rings. The molecule has 2 nitrogen and oxygen atoms in total. The number of rotatable bonds is 6. The standard InChI is InChI=1S/C52H33NOS/c1-2-13-34(14-3-1)40-18-6-8-23-46(40)53(38-30-27-36(28-31-38)41-22-12-26-49-51(41)44-20-7-9-25-48(44)55-49)39-17-10-16-37(33-39)42-21-11-24-47-50(42)45-32-29-35-15-4-5-19-43(35)52(45)54-47/h1-33H. The van der Waals surface area contributed by atoms with Crippen LogP contribution in [0.25, 0.3) is 86.3 Å². The Hall–Kier alpha value is -6.94. The largest absolute Gasteiger partial charge is 0.455 e. The zero-order valence-electron chi connectivity index (χ0n) is 29.8. The topological polar surface area (TPSA) is 16.4 Å². The van der Waals surface area contributed by atoms with Crippen molar-refractivity contribution in [1.29, 1.82) is 0 Å².